The summed E-state index contributed by atoms with van der Waals surface area (Å²) in [6, 6.07) is 14.3. The molecule has 1 atom stereocenters. The van der Waals surface area contributed by atoms with Crippen molar-refractivity contribution in [2.45, 2.75) is 22.3 Å². The van der Waals surface area contributed by atoms with Gasteiger partial charge in [-0.05, 0) is 31.2 Å². The Labute approximate surface area is 162 Å². The molecule has 6 nitrogen and oxygen atoms in total. The second kappa shape index (κ2) is 9.02. The molecule has 0 aliphatic carbocycles. The fraction of sp³-hybridized carbons (Fsp3) is 0.278. The van der Waals surface area contributed by atoms with E-state index in [2.05, 4.69) is 5.32 Å². The summed E-state index contributed by atoms with van der Waals surface area (Å²) in [6.07, 6.45) is 0.887. The van der Waals surface area contributed by atoms with Gasteiger partial charge in [0.1, 0.15) is 0 Å². The Hall–Kier alpha value is -2.09. The molecule has 0 spiro atoms. The minimum absolute atomic E-state index is 0. The van der Waals surface area contributed by atoms with Crippen molar-refractivity contribution >= 4 is 35.8 Å². The maximum absolute atomic E-state index is 13.0. The molecule has 1 unspecified atom stereocenters. The minimum atomic E-state index is -0.467. The number of hydrogen-bond acceptors (Lipinski definition) is 5. The van der Waals surface area contributed by atoms with Crippen molar-refractivity contribution in [3.63, 3.8) is 0 Å². The summed E-state index contributed by atoms with van der Waals surface area (Å²) >= 11 is 1.44. The maximum atomic E-state index is 13.0. The molecule has 0 saturated carbocycles. The van der Waals surface area contributed by atoms with Gasteiger partial charge < -0.3 is 10.2 Å². The van der Waals surface area contributed by atoms with E-state index < -0.39 is 4.92 Å². The van der Waals surface area contributed by atoms with Crippen molar-refractivity contribution in [3.8, 4) is 0 Å². The first-order valence-electron chi connectivity index (χ1n) is 8.05. The van der Waals surface area contributed by atoms with Crippen molar-refractivity contribution in [1.82, 2.24) is 10.2 Å². The third kappa shape index (κ3) is 4.55. The van der Waals surface area contributed by atoms with Gasteiger partial charge in [0, 0.05) is 41.6 Å². The van der Waals surface area contributed by atoms with Crippen LogP contribution < -0.4 is 5.32 Å². The summed E-state index contributed by atoms with van der Waals surface area (Å²) < 4.78 is 0. The average molecular weight is 394 g/mol. The van der Waals surface area contributed by atoms with Gasteiger partial charge in [-0.2, -0.15) is 0 Å². The smallest absolute Gasteiger partial charge is 0.270 e. The molecule has 1 heterocycles. The summed E-state index contributed by atoms with van der Waals surface area (Å²) in [5.41, 5.74) is 0.302. The lowest BCUT2D eigenvalue weighted by molar-refractivity contribution is -0.384. The molecule has 138 valence electrons. The van der Waals surface area contributed by atoms with E-state index in [9.17, 15) is 14.9 Å². The van der Waals surface area contributed by atoms with Gasteiger partial charge in [0.25, 0.3) is 11.6 Å². The fourth-order valence-electron chi connectivity index (χ4n) is 2.83. The molecular formula is C18H20ClN3O3S. The standard InChI is InChI=1S/C18H19N3O3S.ClH/c1-20(14-9-10-19-12-14)18(22)16-11-13(21(23)24)7-8-17(16)25-15-5-3-2-4-6-15;/h2-8,11,14,19H,9-10,12H2,1H3;1H. The topological polar surface area (TPSA) is 75.5 Å². The molecular weight excluding hydrogens is 374 g/mol. The van der Waals surface area contributed by atoms with Gasteiger partial charge in [-0.25, -0.2) is 0 Å². The lowest BCUT2D eigenvalue weighted by atomic mass is 10.1. The number of amides is 1. The van der Waals surface area contributed by atoms with Crippen LogP contribution in [0.25, 0.3) is 0 Å². The number of carbonyl (C=O) groups is 1. The first-order valence-corrected chi connectivity index (χ1v) is 8.87. The van der Waals surface area contributed by atoms with Crippen molar-refractivity contribution < 1.29 is 9.72 Å². The van der Waals surface area contributed by atoms with Crippen molar-refractivity contribution in [2.75, 3.05) is 20.1 Å². The van der Waals surface area contributed by atoms with Crippen LogP contribution in [0, 0.1) is 10.1 Å². The quantitative estimate of drug-likeness (QED) is 0.620. The zero-order chi connectivity index (χ0) is 17.8. The second-order valence-electron chi connectivity index (χ2n) is 5.92. The van der Waals surface area contributed by atoms with Crippen molar-refractivity contribution in [1.29, 1.82) is 0 Å². The molecule has 1 aliphatic rings. The largest absolute Gasteiger partial charge is 0.337 e. The molecule has 1 N–H and O–H groups in total. The molecule has 1 fully saturated rings. The Balaban J connectivity index is 0.00000243. The summed E-state index contributed by atoms with van der Waals surface area (Å²) in [7, 11) is 1.76. The molecule has 0 bridgehead atoms. The van der Waals surface area contributed by atoms with Crippen LogP contribution in [-0.4, -0.2) is 41.9 Å². The summed E-state index contributed by atoms with van der Waals surface area (Å²) in [6.45, 7) is 1.63. The molecule has 3 rings (SSSR count). The van der Waals surface area contributed by atoms with Gasteiger partial charge in [0.2, 0.25) is 0 Å². The van der Waals surface area contributed by atoms with E-state index in [1.54, 1.807) is 18.0 Å². The number of nitro benzene ring substituents is 1. The Morgan fingerprint density at radius 2 is 2.00 bits per heavy atom. The van der Waals surface area contributed by atoms with Crippen molar-refractivity contribution in [3.05, 3.63) is 64.2 Å². The number of non-ortho nitro benzene ring substituents is 1. The highest BCUT2D eigenvalue weighted by atomic mass is 35.5. The van der Waals surface area contributed by atoms with Crippen LogP contribution in [0.2, 0.25) is 0 Å². The number of nitrogens with one attached hydrogen (secondary N) is 1. The van der Waals surface area contributed by atoms with Crippen LogP contribution in [0.1, 0.15) is 16.8 Å². The third-order valence-corrected chi connectivity index (χ3v) is 5.36. The molecule has 0 aromatic heterocycles. The number of benzene rings is 2. The molecule has 1 aliphatic heterocycles. The molecule has 1 amide bonds. The van der Waals surface area contributed by atoms with Crippen LogP contribution in [0.3, 0.4) is 0 Å². The minimum Gasteiger partial charge on any atom is -0.337 e. The van der Waals surface area contributed by atoms with E-state index in [4.69, 9.17) is 0 Å². The lowest BCUT2D eigenvalue weighted by Gasteiger charge is -2.24. The van der Waals surface area contributed by atoms with Crippen LogP contribution >= 0.6 is 24.2 Å². The van der Waals surface area contributed by atoms with E-state index in [0.29, 0.717) is 5.56 Å². The first-order chi connectivity index (χ1) is 12.1. The summed E-state index contributed by atoms with van der Waals surface area (Å²) in [5.74, 6) is -0.184. The Morgan fingerprint density at radius 3 is 2.62 bits per heavy atom. The highest BCUT2D eigenvalue weighted by Crippen LogP contribution is 2.33. The molecule has 0 radical (unpaired) electrons. The fourth-order valence-corrected chi connectivity index (χ4v) is 3.77. The number of carbonyl (C=O) groups excluding carboxylic acids is 1. The van der Waals surface area contributed by atoms with Crippen LogP contribution in [0.5, 0.6) is 0 Å². The Bertz CT molecular complexity index is 783. The molecule has 26 heavy (non-hydrogen) atoms. The molecule has 1 saturated heterocycles. The number of likely N-dealkylation sites (N-methyl/N-ethyl adjacent to an activating group) is 1. The van der Waals surface area contributed by atoms with E-state index in [-0.39, 0.29) is 30.0 Å². The van der Waals surface area contributed by atoms with E-state index in [0.717, 1.165) is 29.3 Å². The molecule has 2 aromatic rings. The number of halogens is 1. The van der Waals surface area contributed by atoms with Crippen molar-refractivity contribution in [2.24, 2.45) is 0 Å². The van der Waals surface area contributed by atoms with E-state index in [1.165, 1.54) is 23.9 Å². The van der Waals surface area contributed by atoms with Gasteiger partial charge >= 0.3 is 0 Å². The SMILES string of the molecule is CN(C(=O)c1cc([N+](=O)[O-])ccc1Sc1ccccc1)C1CCNC1.Cl. The average Bonchev–Trinajstić information content (AvgIpc) is 3.16. The van der Waals surface area contributed by atoms with Crippen LogP contribution in [0.4, 0.5) is 5.69 Å². The lowest BCUT2D eigenvalue weighted by Crippen LogP contribution is -2.38. The highest BCUT2D eigenvalue weighted by molar-refractivity contribution is 7.99. The highest BCUT2D eigenvalue weighted by Gasteiger charge is 2.27. The van der Waals surface area contributed by atoms with E-state index >= 15 is 0 Å². The van der Waals surface area contributed by atoms with Gasteiger partial charge in [-0.1, -0.05) is 30.0 Å². The maximum Gasteiger partial charge on any atom is 0.270 e. The second-order valence-corrected chi connectivity index (χ2v) is 7.03. The third-order valence-electron chi connectivity index (χ3n) is 4.28. The zero-order valence-corrected chi connectivity index (χ0v) is 15.9. The number of hydrogen-bond donors (Lipinski definition) is 1. The van der Waals surface area contributed by atoms with Gasteiger partial charge in [-0.15, -0.1) is 12.4 Å². The van der Waals surface area contributed by atoms with Gasteiger partial charge in [-0.3, -0.25) is 14.9 Å². The molecule has 8 heteroatoms. The number of rotatable bonds is 5. The zero-order valence-electron chi connectivity index (χ0n) is 14.3. The van der Waals surface area contributed by atoms with Crippen LogP contribution in [-0.2, 0) is 0 Å². The normalized spacial score (nSPS) is 16.0. The first kappa shape index (κ1) is 20.2. The predicted molar refractivity (Wildman–Crippen MR) is 104 cm³/mol. The summed E-state index contributed by atoms with van der Waals surface area (Å²) in [5, 5.41) is 14.4. The van der Waals surface area contributed by atoms with Crippen LogP contribution in [0.15, 0.2) is 58.3 Å². The van der Waals surface area contributed by atoms with E-state index in [1.807, 2.05) is 30.3 Å². The summed E-state index contributed by atoms with van der Waals surface area (Å²) in [4.78, 5) is 27.0. The van der Waals surface area contributed by atoms with Gasteiger partial charge in [0.05, 0.1) is 10.5 Å². The number of nitro groups is 1. The van der Waals surface area contributed by atoms with Gasteiger partial charge in [0.15, 0.2) is 0 Å². The monoisotopic (exact) mass is 393 g/mol. The number of nitrogens with zero attached hydrogens (tertiary/aromatic N) is 2. The molecule has 2 aromatic carbocycles. The Morgan fingerprint density at radius 1 is 1.27 bits per heavy atom. The Kier molecular flexibility index (Phi) is 7.02. The predicted octanol–water partition coefficient (Wildman–Crippen LogP) is 3.60.